The van der Waals surface area contributed by atoms with Gasteiger partial charge in [0, 0.05) is 0 Å². The van der Waals surface area contributed by atoms with Crippen LogP contribution in [-0.4, -0.2) is 41.9 Å². The predicted molar refractivity (Wildman–Crippen MR) is 85.7 cm³/mol. The molecule has 8 heteroatoms. The lowest BCUT2D eigenvalue weighted by Crippen LogP contribution is -2.49. The monoisotopic (exact) mass is 350 g/mol. The molecule has 0 bridgehead atoms. The molecular weight excluding hydrogens is 324 g/mol. The minimum atomic E-state index is -4.59. The van der Waals surface area contributed by atoms with Gasteiger partial charge in [0.05, 0.1) is 13.0 Å². The standard InChI is InChI=1S/C15H26O7S/c1-3-5-6-7-8-9-10-15(14(18)19,12-13(16)17)23(20,21)22-11-4-2/h4H,2-3,5-12H2,1H3,(H,16,17)(H,18,19). The van der Waals surface area contributed by atoms with E-state index in [0.717, 1.165) is 31.8 Å². The van der Waals surface area contributed by atoms with Crippen molar-refractivity contribution in [2.45, 2.75) is 63.0 Å². The van der Waals surface area contributed by atoms with E-state index >= 15 is 0 Å². The van der Waals surface area contributed by atoms with Crippen LogP contribution >= 0.6 is 0 Å². The van der Waals surface area contributed by atoms with Crippen LogP contribution < -0.4 is 0 Å². The van der Waals surface area contributed by atoms with Crippen molar-refractivity contribution in [1.29, 1.82) is 0 Å². The average Bonchev–Trinajstić information content (AvgIpc) is 2.46. The number of rotatable bonds is 14. The van der Waals surface area contributed by atoms with Crippen molar-refractivity contribution in [3.05, 3.63) is 12.7 Å². The average molecular weight is 350 g/mol. The van der Waals surface area contributed by atoms with Crippen molar-refractivity contribution in [2.24, 2.45) is 0 Å². The van der Waals surface area contributed by atoms with Crippen LogP contribution in [0.2, 0.25) is 0 Å². The topological polar surface area (TPSA) is 118 Å². The Balaban J connectivity index is 5.15. The molecule has 1 unspecified atom stereocenters. The summed E-state index contributed by atoms with van der Waals surface area (Å²) < 4.78 is 26.6. The summed E-state index contributed by atoms with van der Waals surface area (Å²) in [5, 5.41) is 18.4. The fourth-order valence-electron chi connectivity index (χ4n) is 2.28. The lowest BCUT2D eigenvalue weighted by molar-refractivity contribution is -0.147. The van der Waals surface area contributed by atoms with Crippen LogP contribution in [0.1, 0.15) is 58.3 Å². The quantitative estimate of drug-likeness (QED) is 0.281. The molecular formula is C15H26O7S. The van der Waals surface area contributed by atoms with Gasteiger partial charge in [-0.15, -0.1) is 6.58 Å². The van der Waals surface area contributed by atoms with E-state index in [1.54, 1.807) is 0 Å². The van der Waals surface area contributed by atoms with E-state index in [2.05, 4.69) is 17.7 Å². The van der Waals surface area contributed by atoms with E-state index < -0.39 is 39.8 Å². The minimum absolute atomic E-state index is 0.291. The first-order valence-electron chi connectivity index (χ1n) is 7.68. The Hall–Kier alpha value is -1.41. The van der Waals surface area contributed by atoms with Gasteiger partial charge in [-0.25, -0.2) is 0 Å². The molecule has 0 heterocycles. The van der Waals surface area contributed by atoms with E-state index in [4.69, 9.17) is 5.11 Å². The van der Waals surface area contributed by atoms with E-state index in [1.165, 1.54) is 0 Å². The van der Waals surface area contributed by atoms with E-state index in [1.807, 2.05) is 0 Å². The first kappa shape index (κ1) is 21.6. The third-order valence-electron chi connectivity index (χ3n) is 3.58. The highest BCUT2D eigenvalue weighted by molar-refractivity contribution is 7.89. The Morgan fingerprint density at radius 1 is 1.13 bits per heavy atom. The predicted octanol–water partition coefficient (Wildman–Crippen LogP) is 2.57. The van der Waals surface area contributed by atoms with Crippen LogP contribution in [0, 0.1) is 0 Å². The summed E-state index contributed by atoms with van der Waals surface area (Å²) in [7, 11) is -4.59. The maximum atomic E-state index is 12.2. The van der Waals surface area contributed by atoms with Crippen molar-refractivity contribution in [1.82, 2.24) is 0 Å². The highest BCUT2D eigenvalue weighted by Crippen LogP contribution is 2.31. The molecule has 134 valence electrons. The molecule has 0 radical (unpaired) electrons. The highest BCUT2D eigenvalue weighted by atomic mass is 32.2. The largest absolute Gasteiger partial charge is 0.481 e. The Kier molecular flexibility index (Phi) is 9.74. The van der Waals surface area contributed by atoms with Crippen LogP contribution in [-0.2, 0) is 23.9 Å². The number of carboxylic acids is 2. The number of carbonyl (C=O) groups is 2. The third kappa shape index (κ3) is 6.70. The molecule has 0 rings (SSSR count). The molecule has 2 N–H and O–H groups in total. The number of aliphatic carboxylic acids is 2. The number of hydrogen-bond donors (Lipinski definition) is 2. The summed E-state index contributed by atoms with van der Waals surface area (Å²) in [6.07, 6.45) is 4.74. The summed E-state index contributed by atoms with van der Waals surface area (Å²) in [5.41, 5.74) is 0. The van der Waals surface area contributed by atoms with Gasteiger partial charge in [0.2, 0.25) is 4.75 Å². The van der Waals surface area contributed by atoms with Gasteiger partial charge in [0.25, 0.3) is 10.1 Å². The van der Waals surface area contributed by atoms with Gasteiger partial charge in [0.1, 0.15) is 0 Å². The van der Waals surface area contributed by atoms with Gasteiger partial charge in [-0.2, -0.15) is 8.42 Å². The second kappa shape index (κ2) is 10.4. The lowest BCUT2D eigenvalue weighted by Gasteiger charge is -2.26. The second-order valence-corrected chi connectivity index (χ2v) is 7.34. The zero-order valence-electron chi connectivity index (χ0n) is 13.5. The molecule has 0 saturated carbocycles. The molecule has 0 fully saturated rings. The van der Waals surface area contributed by atoms with Crippen molar-refractivity contribution in [3.63, 3.8) is 0 Å². The van der Waals surface area contributed by atoms with Crippen LogP contribution in [0.4, 0.5) is 0 Å². The molecule has 0 spiro atoms. The van der Waals surface area contributed by atoms with Gasteiger partial charge in [-0.3, -0.25) is 13.8 Å². The van der Waals surface area contributed by atoms with Crippen LogP contribution in [0.25, 0.3) is 0 Å². The molecule has 0 saturated heterocycles. The van der Waals surface area contributed by atoms with Gasteiger partial charge in [-0.05, 0) is 6.42 Å². The van der Waals surface area contributed by atoms with Gasteiger partial charge < -0.3 is 10.2 Å². The number of unbranched alkanes of at least 4 members (excludes halogenated alkanes) is 5. The number of hydrogen-bond acceptors (Lipinski definition) is 5. The first-order valence-corrected chi connectivity index (χ1v) is 9.09. The molecule has 0 amide bonds. The summed E-state index contributed by atoms with van der Waals surface area (Å²) in [4.78, 5) is 22.6. The Morgan fingerprint density at radius 2 is 1.70 bits per heavy atom. The molecule has 0 aromatic carbocycles. The molecule has 7 nitrogen and oxygen atoms in total. The number of carboxylic acid groups (broad SMARTS) is 2. The summed E-state index contributed by atoms with van der Waals surface area (Å²) in [6.45, 7) is 4.97. The second-order valence-electron chi connectivity index (χ2n) is 5.42. The Bertz CT molecular complexity index is 498. The lowest BCUT2D eigenvalue weighted by atomic mass is 9.96. The van der Waals surface area contributed by atoms with Crippen molar-refractivity contribution in [2.75, 3.05) is 6.61 Å². The summed E-state index contributed by atoms with van der Waals surface area (Å²) in [6, 6.07) is 0. The zero-order chi connectivity index (χ0) is 17.9. The van der Waals surface area contributed by atoms with Crippen LogP contribution in [0.3, 0.4) is 0 Å². The summed E-state index contributed by atoms with van der Waals surface area (Å²) in [5.74, 6) is -3.19. The highest BCUT2D eigenvalue weighted by Gasteiger charge is 2.53. The molecule has 1 atom stereocenters. The van der Waals surface area contributed by atoms with Crippen LogP contribution in [0.15, 0.2) is 12.7 Å². The van der Waals surface area contributed by atoms with Gasteiger partial charge >= 0.3 is 11.9 Å². The van der Waals surface area contributed by atoms with E-state index in [9.17, 15) is 23.1 Å². The Labute approximate surface area is 137 Å². The summed E-state index contributed by atoms with van der Waals surface area (Å²) >= 11 is 0. The fraction of sp³-hybridized carbons (Fsp3) is 0.733. The molecule has 0 aromatic rings. The molecule has 0 aliphatic carbocycles. The van der Waals surface area contributed by atoms with Crippen molar-refractivity contribution < 1.29 is 32.4 Å². The maximum Gasteiger partial charge on any atom is 0.328 e. The van der Waals surface area contributed by atoms with Crippen molar-refractivity contribution in [3.8, 4) is 0 Å². The molecule has 23 heavy (non-hydrogen) atoms. The maximum absolute atomic E-state index is 12.2. The SMILES string of the molecule is C=CCOS(=O)(=O)C(CCCCCCCC)(CC(=O)O)C(=O)O. The minimum Gasteiger partial charge on any atom is -0.481 e. The molecule has 0 aliphatic rings. The van der Waals surface area contributed by atoms with E-state index in [0.29, 0.717) is 12.8 Å². The zero-order valence-corrected chi connectivity index (χ0v) is 14.3. The van der Waals surface area contributed by atoms with Gasteiger partial charge in [0.15, 0.2) is 0 Å². The smallest absolute Gasteiger partial charge is 0.328 e. The molecule has 0 aromatic heterocycles. The normalized spacial score (nSPS) is 14.1. The fourth-order valence-corrected chi connectivity index (χ4v) is 3.69. The van der Waals surface area contributed by atoms with Gasteiger partial charge in [-0.1, -0.05) is 51.5 Å². The molecule has 0 aliphatic heterocycles. The third-order valence-corrected chi connectivity index (χ3v) is 5.51. The Morgan fingerprint density at radius 3 is 2.17 bits per heavy atom. The van der Waals surface area contributed by atoms with E-state index in [-0.39, 0.29) is 6.42 Å². The van der Waals surface area contributed by atoms with Crippen LogP contribution in [0.5, 0.6) is 0 Å². The van der Waals surface area contributed by atoms with Crippen molar-refractivity contribution >= 4 is 22.1 Å². The first-order chi connectivity index (χ1) is 10.7.